The second-order valence-electron chi connectivity index (χ2n) is 5.79. The Kier molecular flexibility index (Phi) is 5.86. The van der Waals surface area contributed by atoms with Crippen molar-refractivity contribution in [1.82, 2.24) is 9.88 Å². The molecule has 0 aliphatic rings. The number of nitrogens with zero attached hydrogens (tertiary/aromatic N) is 1. The molecule has 1 heterocycles. The zero-order valence-electron chi connectivity index (χ0n) is 14.9. The number of hydrogen-bond acceptors (Lipinski definition) is 4. The molecule has 2 aromatic rings. The first kappa shape index (κ1) is 19.3. The minimum absolute atomic E-state index is 0.313. The highest BCUT2D eigenvalue weighted by molar-refractivity contribution is 6.03. The average molecular weight is 362 g/mol. The number of carboxylic acids is 2. The van der Waals surface area contributed by atoms with Gasteiger partial charge in [-0.25, -0.2) is 4.79 Å². The Bertz CT molecular complexity index is 855. The van der Waals surface area contributed by atoms with Crippen molar-refractivity contribution in [1.29, 1.82) is 0 Å². The van der Waals surface area contributed by atoms with Crippen LogP contribution in [-0.4, -0.2) is 45.3 Å². The van der Waals surface area contributed by atoms with Crippen LogP contribution in [0.15, 0.2) is 18.2 Å². The molecule has 0 radical (unpaired) electrons. The monoisotopic (exact) mass is 362 g/mol. The number of hydrogen-bond donors (Lipinski definition) is 3. The molecule has 0 bridgehead atoms. The van der Waals surface area contributed by atoms with E-state index in [0.29, 0.717) is 30.2 Å². The molecule has 3 N–H and O–H groups in total. The number of aryl methyl sites for hydroxylation is 2. The fourth-order valence-corrected chi connectivity index (χ4v) is 2.98. The number of amides is 1. The normalized spacial score (nSPS) is 12.0. The summed E-state index contributed by atoms with van der Waals surface area (Å²) in [7, 11) is 0. The largest absolute Gasteiger partial charge is 0.494 e. The molecule has 26 heavy (non-hydrogen) atoms. The number of fused-ring (bicyclic) bond motifs is 1. The van der Waals surface area contributed by atoms with Gasteiger partial charge in [-0.3, -0.25) is 9.59 Å². The zero-order valence-corrected chi connectivity index (χ0v) is 14.9. The van der Waals surface area contributed by atoms with Crippen LogP contribution in [0.25, 0.3) is 10.9 Å². The van der Waals surface area contributed by atoms with Crippen LogP contribution in [0.1, 0.15) is 36.3 Å². The summed E-state index contributed by atoms with van der Waals surface area (Å²) < 4.78 is 7.27. The van der Waals surface area contributed by atoms with Gasteiger partial charge in [0.1, 0.15) is 17.5 Å². The second kappa shape index (κ2) is 7.90. The van der Waals surface area contributed by atoms with Gasteiger partial charge in [0.2, 0.25) is 0 Å². The van der Waals surface area contributed by atoms with Crippen molar-refractivity contribution in [2.45, 2.75) is 39.8 Å². The Morgan fingerprint density at radius 2 is 1.92 bits per heavy atom. The molecule has 0 saturated heterocycles. The number of ether oxygens (including phenoxy) is 1. The maximum Gasteiger partial charge on any atom is 0.326 e. The highest BCUT2D eigenvalue weighted by atomic mass is 16.5. The predicted molar refractivity (Wildman–Crippen MR) is 94.7 cm³/mol. The van der Waals surface area contributed by atoms with Crippen LogP contribution >= 0.6 is 0 Å². The van der Waals surface area contributed by atoms with Crippen molar-refractivity contribution in [2.75, 3.05) is 6.61 Å². The van der Waals surface area contributed by atoms with Crippen molar-refractivity contribution in [3.63, 3.8) is 0 Å². The number of carbonyl (C=O) groups excluding carboxylic acids is 1. The maximum atomic E-state index is 12.7. The first-order chi connectivity index (χ1) is 12.3. The quantitative estimate of drug-likeness (QED) is 0.661. The Morgan fingerprint density at radius 1 is 1.23 bits per heavy atom. The Labute approximate surface area is 150 Å². The molecule has 0 saturated carbocycles. The molecular weight excluding hydrogens is 340 g/mol. The predicted octanol–water partition coefficient (Wildman–Crippen LogP) is 2.03. The third-order valence-electron chi connectivity index (χ3n) is 4.11. The summed E-state index contributed by atoms with van der Waals surface area (Å²) >= 11 is 0. The summed E-state index contributed by atoms with van der Waals surface area (Å²) in [6.45, 7) is 6.53. The fraction of sp³-hybridized carbons (Fsp3) is 0.389. The zero-order chi connectivity index (χ0) is 19.4. The number of nitrogens with one attached hydrogen (secondary N) is 1. The molecule has 1 unspecified atom stereocenters. The van der Waals surface area contributed by atoms with E-state index in [9.17, 15) is 14.4 Å². The van der Waals surface area contributed by atoms with Gasteiger partial charge in [0.05, 0.1) is 13.0 Å². The maximum absolute atomic E-state index is 12.7. The van der Waals surface area contributed by atoms with Crippen LogP contribution < -0.4 is 10.1 Å². The van der Waals surface area contributed by atoms with Gasteiger partial charge in [-0.2, -0.15) is 0 Å². The lowest BCUT2D eigenvalue weighted by molar-refractivity contribution is -0.145. The summed E-state index contributed by atoms with van der Waals surface area (Å²) in [5, 5.41) is 21.1. The summed E-state index contributed by atoms with van der Waals surface area (Å²) in [5.41, 5.74) is 1.82. The highest BCUT2D eigenvalue weighted by Crippen LogP contribution is 2.29. The molecule has 2 rings (SSSR count). The topological polar surface area (TPSA) is 118 Å². The smallest absolute Gasteiger partial charge is 0.326 e. The van der Waals surface area contributed by atoms with Crippen molar-refractivity contribution < 1.29 is 29.3 Å². The van der Waals surface area contributed by atoms with Crippen LogP contribution in [0.5, 0.6) is 5.75 Å². The minimum Gasteiger partial charge on any atom is -0.494 e. The Morgan fingerprint density at radius 3 is 2.46 bits per heavy atom. The molecule has 8 nitrogen and oxygen atoms in total. The summed E-state index contributed by atoms with van der Waals surface area (Å²) in [6.07, 6.45) is -0.693. The van der Waals surface area contributed by atoms with E-state index in [2.05, 4.69) is 5.32 Å². The molecule has 0 aliphatic carbocycles. The molecule has 140 valence electrons. The lowest BCUT2D eigenvalue weighted by Crippen LogP contribution is -2.43. The molecule has 0 fully saturated rings. The third-order valence-corrected chi connectivity index (χ3v) is 4.11. The van der Waals surface area contributed by atoms with Crippen molar-refractivity contribution >= 4 is 28.7 Å². The highest BCUT2D eigenvalue weighted by Gasteiger charge is 2.27. The second-order valence-corrected chi connectivity index (χ2v) is 5.79. The van der Waals surface area contributed by atoms with E-state index in [4.69, 9.17) is 14.9 Å². The molecule has 1 aromatic carbocycles. The third kappa shape index (κ3) is 3.79. The standard InChI is InChI=1S/C18H22N2O6/c1-4-20-14-7-6-11(26-5-2)8-12(14)10(3)16(20)17(23)19-13(18(24)25)9-15(21)22/h6-8,13H,4-5,9H2,1-3H3,(H,19,23)(H,21,22)(H,24,25). The first-order valence-corrected chi connectivity index (χ1v) is 8.31. The van der Waals surface area contributed by atoms with E-state index in [0.717, 1.165) is 10.9 Å². The fourth-order valence-electron chi connectivity index (χ4n) is 2.98. The van der Waals surface area contributed by atoms with Gasteiger partial charge in [0.15, 0.2) is 0 Å². The number of carbonyl (C=O) groups is 3. The summed E-state index contributed by atoms with van der Waals surface area (Å²) in [6, 6.07) is 3.99. The summed E-state index contributed by atoms with van der Waals surface area (Å²) in [4.78, 5) is 34.8. The van der Waals surface area contributed by atoms with E-state index in [1.807, 2.05) is 32.0 Å². The van der Waals surface area contributed by atoms with Gasteiger partial charge < -0.3 is 24.8 Å². The van der Waals surface area contributed by atoms with Gasteiger partial charge in [-0.1, -0.05) is 0 Å². The average Bonchev–Trinajstić information content (AvgIpc) is 2.86. The number of benzene rings is 1. The molecule has 0 aliphatic heterocycles. The van der Waals surface area contributed by atoms with Crippen LogP contribution in [-0.2, 0) is 16.1 Å². The van der Waals surface area contributed by atoms with Crippen molar-refractivity contribution in [3.05, 3.63) is 29.5 Å². The molecule has 8 heteroatoms. The van der Waals surface area contributed by atoms with Gasteiger partial charge in [-0.05, 0) is 44.5 Å². The summed E-state index contributed by atoms with van der Waals surface area (Å²) in [5.74, 6) is -2.63. The van der Waals surface area contributed by atoms with Gasteiger partial charge in [0.25, 0.3) is 5.91 Å². The van der Waals surface area contributed by atoms with Gasteiger partial charge >= 0.3 is 11.9 Å². The Hall–Kier alpha value is -3.03. The Balaban J connectivity index is 2.47. The lowest BCUT2D eigenvalue weighted by atomic mass is 10.1. The van der Waals surface area contributed by atoms with Crippen molar-refractivity contribution in [3.8, 4) is 5.75 Å². The van der Waals surface area contributed by atoms with E-state index < -0.39 is 30.3 Å². The van der Waals surface area contributed by atoms with E-state index >= 15 is 0 Å². The van der Waals surface area contributed by atoms with Crippen molar-refractivity contribution in [2.24, 2.45) is 0 Å². The number of rotatable bonds is 8. The van der Waals surface area contributed by atoms with E-state index in [1.54, 1.807) is 11.5 Å². The van der Waals surface area contributed by atoms with Crippen LogP contribution in [0, 0.1) is 6.92 Å². The SMILES string of the molecule is CCOc1ccc2c(c1)c(C)c(C(=O)NC(CC(=O)O)C(=O)O)n2CC. The van der Waals surface area contributed by atoms with Crippen LogP contribution in [0.2, 0.25) is 0 Å². The van der Waals surface area contributed by atoms with Gasteiger partial charge in [-0.15, -0.1) is 0 Å². The molecule has 0 spiro atoms. The van der Waals surface area contributed by atoms with E-state index in [-0.39, 0.29) is 0 Å². The number of carboxylic acid groups (broad SMARTS) is 2. The number of aliphatic carboxylic acids is 2. The number of aromatic nitrogens is 1. The molecular formula is C18H22N2O6. The molecule has 1 atom stereocenters. The van der Waals surface area contributed by atoms with Crippen LogP contribution in [0.3, 0.4) is 0 Å². The lowest BCUT2D eigenvalue weighted by Gasteiger charge is -2.14. The van der Waals surface area contributed by atoms with Gasteiger partial charge in [0, 0.05) is 17.4 Å². The first-order valence-electron chi connectivity index (χ1n) is 8.31. The van der Waals surface area contributed by atoms with E-state index in [1.165, 1.54) is 0 Å². The minimum atomic E-state index is -1.50. The molecule has 1 aromatic heterocycles. The molecule has 1 amide bonds. The van der Waals surface area contributed by atoms with Crippen LogP contribution in [0.4, 0.5) is 0 Å².